The van der Waals surface area contributed by atoms with E-state index in [2.05, 4.69) is 5.32 Å². The van der Waals surface area contributed by atoms with E-state index in [0.29, 0.717) is 18.0 Å². The Labute approximate surface area is 126 Å². The number of carbonyl (C=O) groups is 1. The van der Waals surface area contributed by atoms with Crippen LogP contribution in [0.2, 0.25) is 0 Å². The summed E-state index contributed by atoms with van der Waals surface area (Å²) in [5.74, 6) is 1.54. The first-order chi connectivity index (χ1) is 10.2. The zero-order chi connectivity index (χ0) is 15.2. The van der Waals surface area contributed by atoms with Gasteiger partial charge in [0.2, 0.25) is 5.91 Å². The van der Waals surface area contributed by atoms with Gasteiger partial charge < -0.3 is 19.7 Å². The minimum Gasteiger partial charge on any atom is -0.493 e. The van der Waals surface area contributed by atoms with Crippen molar-refractivity contribution < 1.29 is 14.3 Å². The molecule has 0 spiro atoms. The third-order valence-corrected chi connectivity index (χ3v) is 3.85. The number of rotatable bonds is 5. The average Bonchev–Trinajstić information content (AvgIpc) is 2.54. The van der Waals surface area contributed by atoms with Gasteiger partial charge in [0.25, 0.3) is 0 Å². The van der Waals surface area contributed by atoms with Crippen LogP contribution in [0.5, 0.6) is 11.5 Å². The van der Waals surface area contributed by atoms with E-state index in [-0.39, 0.29) is 11.9 Å². The summed E-state index contributed by atoms with van der Waals surface area (Å²) in [6.07, 6.45) is 3.20. The number of hydrogen-bond donors (Lipinski definition) is 1. The topological polar surface area (TPSA) is 50.8 Å². The van der Waals surface area contributed by atoms with Crippen molar-refractivity contribution in [2.24, 2.45) is 0 Å². The fraction of sp³-hybridized carbons (Fsp3) is 0.562. The Morgan fingerprint density at radius 2 is 2.05 bits per heavy atom. The van der Waals surface area contributed by atoms with Crippen LogP contribution >= 0.6 is 0 Å². The van der Waals surface area contributed by atoms with E-state index in [9.17, 15) is 4.79 Å². The van der Waals surface area contributed by atoms with E-state index in [0.717, 1.165) is 31.4 Å². The maximum absolute atomic E-state index is 12.4. The highest BCUT2D eigenvalue weighted by molar-refractivity contribution is 5.81. The summed E-state index contributed by atoms with van der Waals surface area (Å²) in [7, 11) is 5.07. The lowest BCUT2D eigenvalue weighted by molar-refractivity contribution is -0.133. The molecule has 116 valence electrons. The standard InChI is InChI=1S/C16H24N2O3/c1-18(16(19)13-6-4-5-9-17-13)11-12-7-8-14(20-2)15(10-12)21-3/h7-8,10,13,17H,4-6,9,11H2,1-3H3. The average molecular weight is 292 g/mol. The molecule has 1 fully saturated rings. The van der Waals surface area contributed by atoms with E-state index in [4.69, 9.17) is 9.47 Å². The Bertz CT molecular complexity index is 484. The van der Waals surface area contributed by atoms with Gasteiger partial charge in [-0.3, -0.25) is 4.79 Å². The van der Waals surface area contributed by atoms with E-state index in [1.165, 1.54) is 0 Å². The Kier molecular flexibility index (Phi) is 5.44. The number of carbonyl (C=O) groups excluding carboxylic acids is 1. The molecular formula is C16H24N2O3. The van der Waals surface area contributed by atoms with Crippen LogP contribution in [-0.2, 0) is 11.3 Å². The van der Waals surface area contributed by atoms with Gasteiger partial charge in [0.05, 0.1) is 20.3 Å². The lowest BCUT2D eigenvalue weighted by Gasteiger charge is -2.27. The molecule has 0 bridgehead atoms. The van der Waals surface area contributed by atoms with Crippen molar-refractivity contribution in [2.45, 2.75) is 31.8 Å². The zero-order valence-electron chi connectivity index (χ0n) is 13.0. The Hall–Kier alpha value is -1.75. The van der Waals surface area contributed by atoms with Crippen molar-refractivity contribution in [3.63, 3.8) is 0 Å². The highest BCUT2D eigenvalue weighted by atomic mass is 16.5. The fourth-order valence-electron chi connectivity index (χ4n) is 2.66. The van der Waals surface area contributed by atoms with Crippen molar-refractivity contribution in [2.75, 3.05) is 27.8 Å². The highest BCUT2D eigenvalue weighted by Gasteiger charge is 2.23. The van der Waals surface area contributed by atoms with Crippen molar-refractivity contribution in [3.05, 3.63) is 23.8 Å². The molecule has 0 saturated carbocycles. The van der Waals surface area contributed by atoms with Crippen LogP contribution in [-0.4, -0.2) is 44.7 Å². The minimum absolute atomic E-state index is 0.0381. The largest absolute Gasteiger partial charge is 0.493 e. The lowest BCUT2D eigenvalue weighted by atomic mass is 10.0. The van der Waals surface area contributed by atoms with Gasteiger partial charge in [0, 0.05) is 13.6 Å². The number of hydrogen-bond acceptors (Lipinski definition) is 4. The van der Waals surface area contributed by atoms with E-state index >= 15 is 0 Å². The van der Waals surface area contributed by atoms with Crippen LogP contribution in [0.25, 0.3) is 0 Å². The zero-order valence-corrected chi connectivity index (χ0v) is 13.0. The van der Waals surface area contributed by atoms with Gasteiger partial charge in [-0.2, -0.15) is 0 Å². The van der Waals surface area contributed by atoms with Gasteiger partial charge in [-0.15, -0.1) is 0 Å². The first-order valence-corrected chi connectivity index (χ1v) is 7.35. The van der Waals surface area contributed by atoms with Gasteiger partial charge in [-0.25, -0.2) is 0 Å². The molecule has 1 N–H and O–H groups in total. The van der Waals surface area contributed by atoms with Crippen LogP contribution < -0.4 is 14.8 Å². The molecule has 1 heterocycles. The minimum atomic E-state index is -0.0381. The molecule has 0 radical (unpaired) electrons. The molecule has 1 aliphatic heterocycles. The summed E-state index contributed by atoms with van der Waals surface area (Å²) < 4.78 is 10.5. The molecule has 5 nitrogen and oxygen atoms in total. The third-order valence-electron chi connectivity index (χ3n) is 3.85. The van der Waals surface area contributed by atoms with E-state index < -0.39 is 0 Å². The number of benzene rings is 1. The second-order valence-electron chi connectivity index (χ2n) is 5.39. The molecule has 1 amide bonds. The summed E-state index contributed by atoms with van der Waals surface area (Å²) in [6.45, 7) is 1.50. The summed E-state index contributed by atoms with van der Waals surface area (Å²) >= 11 is 0. The van der Waals surface area contributed by atoms with Gasteiger partial charge in [0.1, 0.15) is 0 Å². The molecule has 1 aromatic carbocycles. The lowest BCUT2D eigenvalue weighted by Crippen LogP contribution is -2.46. The molecule has 1 aliphatic rings. The number of ether oxygens (including phenoxy) is 2. The van der Waals surface area contributed by atoms with Gasteiger partial charge in [0.15, 0.2) is 11.5 Å². The van der Waals surface area contributed by atoms with Crippen LogP contribution in [0.1, 0.15) is 24.8 Å². The highest BCUT2D eigenvalue weighted by Crippen LogP contribution is 2.28. The van der Waals surface area contributed by atoms with Crippen LogP contribution in [0.15, 0.2) is 18.2 Å². The summed E-state index contributed by atoms with van der Waals surface area (Å²) in [4.78, 5) is 14.2. The van der Waals surface area contributed by atoms with Crippen molar-refractivity contribution in [1.29, 1.82) is 0 Å². The molecule has 0 aliphatic carbocycles. The van der Waals surface area contributed by atoms with Crippen LogP contribution in [0.4, 0.5) is 0 Å². The first-order valence-electron chi connectivity index (χ1n) is 7.35. The molecule has 1 atom stereocenters. The smallest absolute Gasteiger partial charge is 0.239 e. The molecule has 21 heavy (non-hydrogen) atoms. The molecule has 2 rings (SSSR count). The quantitative estimate of drug-likeness (QED) is 0.899. The van der Waals surface area contributed by atoms with Crippen molar-refractivity contribution in [1.82, 2.24) is 10.2 Å². The van der Waals surface area contributed by atoms with E-state index in [1.807, 2.05) is 25.2 Å². The maximum Gasteiger partial charge on any atom is 0.239 e. The Balaban J connectivity index is 2.01. The fourth-order valence-corrected chi connectivity index (χ4v) is 2.66. The SMILES string of the molecule is COc1ccc(CN(C)C(=O)C2CCCCN2)cc1OC. The predicted octanol–water partition coefficient (Wildman–Crippen LogP) is 1.80. The number of likely N-dealkylation sites (N-methyl/N-ethyl adjacent to an activating group) is 1. The Morgan fingerprint density at radius 1 is 1.29 bits per heavy atom. The number of amides is 1. The second-order valence-corrected chi connectivity index (χ2v) is 5.39. The molecule has 1 aromatic rings. The summed E-state index contributed by atoms with van der Waals surface area (Å²) in [5, 5.41) is 3.29. The number of nitrogens with one attached hydrogen (secondary N) is 1. The predicted molar refractivity (Wildman–Crippen MR) is 81.7 cm³/mol. The molecular weight excluding hydrogens is 268 g/mol. The number of nitrogens with zero attached hydrogens (tertiary/aromatic N) is 1. The number of methoxy groups -OCH3 is 2. The monoisotopic (exact) mass is 292 g/mol. The van der Waals surface area contributed by atoms with Crippen LogP contribution in [0, 0.1) is 0 Å². The molecule has 0 aromatic heterocycles. The normalized spacial score (nSPS) is 18.1. The van der Waals surface area contributed by atoms with Crippen LogP contribution in [0.3, 0.4) is 0 Å². The van der Waals surface area contributed by atoms with Gasteiger partial charge in [-0.1, -0.05) is 12.5 Å². The van der Waals surface area contributed by atoms with Gasteiger partial charge in [-0.05, 0) is 37.1 Å². The van der Waals surface area contributed by atoms with Gasteiger partial charge >= 0.3 is 0 Å². The molecule has 1 unspecified atom stereocenters. The van der Waals surface area contributed by atoms with Crippen molar-refractivity contribution in [3.8, 4) is 11.5 Å². The number of piperidine rings is 1. The van der Waals surface area contributed by atoms with E-state index in [1.54, 1.807) is 19.1 Å². The molecule has 1 saturated heterocycles. The molecule has 5 heteroatoms. The summed E-state index contributed by atoms with van der Waals surface area (Å²) in [6, 6.07) is 5.70. The second kappa shape index (κ2) is 7.31. The third kappa shape index (κ3) is 3.88. The van der Waals surface area contributed by atoms with Crippen molar-refractivity contribution >= 4 is 5.91 Å². The maximum atomic E-state index is 12.4. The Morgan fingerprint density at radius 3 is 2.67 bits per heavy atom. The summed E-state index contributed by atoms with van der Waals surface area (Å²) in [5.41, 5.74) is 1.03. The first kappa shape index (κ1) is 15.6.